The van der Waals surface area contributed by atoms with Crippen LogP contribution >= 0.6 is 12.2 Å². The minimum absolute atomic E-state index is 0.0132. The Balaban J connectivity index is 1.92. The Morgan fingerprint density at radius 3 is 2.75 bits per heavy atom. The molecule has 5 nitrogen and oxygen atoms in total. The third kappa shape index (κ3) is 4.22. The van der Waals surface area contributed by atoms with E-state index in [1.807, 2.05) is 12.1 Å². The van der Waals surface area contributed by atoms with E-state index in [0.717, 1.165) is 24.8 Å². The van der Waals surface area contributed by atoms with Crippen molar-refractivity contribution in [2.75, 3.05) is 5.75 Å². The average molecular weight is 313 g/mol. The summed E-state index contributed by atoms with van der Waals surface area (Å²) in [6, 6.07) is 3.50. The van der Waals surface area contributed by atoms with Gasteiger partial charge in [-0.3, -0.25) is 4.98 Å². The summed E-state index contributed by atoms with van der Waals surface area (Å²) in [5.74, 6) is 0.0538. The van der Waals surface area contributed by atoms with Crippen LogP contribution in [-0.2, 0) is 16.4 Å². The fraction of sp³-hybridized carbons (Fsp3) is 0.538. The number of pyridine rings is 1. The van der Waals surface area contributed by atoms with Gasteiger partial charge in [0.2, 0.25) is 10.0 Å². The van der Waals surface area contributed by atoms with Crippen molar-refractivity contribution in [1.29, 1.82) is 0 Å². The number of hydrogen-bond acceptors (Lipinski definition) is 4. The van der Waals surface area contributed by atoms with Gasteiger partial charge in [-0.05, 0) is 37.0 Å². The van der Waals surface area contributed by atoms with Gasteiger partial charge in [-0.2, -0.15) is 0 Å². The first-order chi connectivity index (χ1) is 9.48. The maximum absolute atomic E-state index is 12.1. The van der Waals surface area contributed by atoms with E-state index >= 15 is 0 Å². The molecule has 20 heavy (non-hydrogen) atoms. The maximum Gasteiger partial charge on any atom is 0.212 e. The standard InChI is InChI=1S/C13H19N3O2S2/c14-13(19)11-2-1-3-12(11)16-20(17,18)9-6-10-4-7-15-8-5-10/h4-5,7-8,11-12,16H,1-3,6,9H2,(H2,14,19). The zero-order valence-corrected chi connectivity index (χ0v) is 12.8. The summed E-state index contributed by atoms with van der Waals surface area (Å²) in [4.78, 5) is 4.32. The highest BCUT2D eigenvalue weighted by atomic mass is 32.2. The van der Waals surface area contributed by atoms with Gasteiger partial charge < -0.3 is 5.73 Å². The highest BCUT2D eigenvalue weighted by molar-refractivity contribution is 7.89. The van der Waals surface area contributed by atoms with Crippen molar-refractivity contribution in [1.82, 2.24) is 9.71 Å². The van der Waals surface area contributed by atoms with Gasteiger partial charge >= 0.3 is 0 Å². The van der Waals surface area contributed by atoms with E-state index in [1.54, 1.807) is 12.4 Å². The first kappa shape index (κ1) is 15.3. The van der Waals surface area contributed by atoms with Gasteiger partial charge in [-0.15, -0.1) is 0 Å². The highest BCUT2D eigenvalue weighted by Crippen LogP contribution is 2.26. The van der Waals surface area contributed by atoms with E-state index in [0.29, 0.717) is 11.4 Å². The second-order valence-corrected chi connectivity index (χ2v) is 7.43. The summed E-state index contributed by atoms with van der Waals surface area (Å²) >= 11 is 5.00. The summed E-state index contributed by atoms with van der Waals surface area (Å²) in [5.41, 5.74) is 6.62. The Labute approximate surface area is 125 Å². The Hall–Kier alpha value is -1.05. The molecular weight excluding hydrogens is 294 g/mol. The van der Waals surface area contributed by atoms with Gasteiger partial charge in [0.25, 0.3) is 0 Å². The molecule has 1 aliphatic carbocycles. The molecule has 2 rings (SSSR count). The predicted octanol–water partition coefficient (Wildman–Crippen LogP) is 0.998. The number of aryl methyl sites for hydroxylation is 1. The van der Waals surface area contributed by atoms with Crippen molar-refractivity contribution in [2.24, 2.45) is 11.7 Å². The van der Waals surface area contributed by atoms with Crippen LogP contribution in [0.25, 0.3) is 0 Å². The molecule has 1 heterocycles. The Bertz CT molecular complexity index is 560. The van der Waals surface area contributed by atoms with E-state index in [4.69, 9.17) is 18.0 Å². The van der Waals surface area contributed by atoms with Gasteiger partial charge in [-0.25, -0.2) is 13.1 Å². The van der Waals surface area contributed by atoms with Crippen LogP contribution < -0.4 is 10.5 Å². The molecule has 7 heteroatoms. The number of aromatic nitrogens is 1. The third-order valence-electron chi connectivity index (χ3n) is 3.62. The van der Waals surface area contributed by atoms with Crippen LogP contribution in [0, 0.1) is 5.92 Å². The van der Waals surface area contributed by atoms with Gasteiger partial charge in [0.05, 0.1) is 10.7 Å². The van der Waals surface area contributed by atoms with Crippen molar-refractivity contribution in [3.63, 3.8) is 0 Å². The second kappa shape index (κ2) is 6.60. The first-order valence-corrected chi connectivity index (χ1v) is 8.72. The minimum Gasteiger partial charge on any atom is -0.393 e. The van der Waals surface area contributed by atoms with E-state index in [2.05, 4.69) is 9.71 Å². The number of nitrogens with two attached hydrogens (primary N) is 1. The molecule has 2 unspecified atom stereocenters. The fourth-order valence-corrected chi connectivity index (χ4v) is 4.18. The second-order valence-electron chi connectivity index (χ2n) is 5.09. The third-order valence-corrected chi connectivity index (χ3v) is 5.33. The molecule has 0 spiro atoms. The van der Waals surface area contributed by atoms with Gasteiger partial charge in [0.1, 0.15) is 0 Å². The van der Waals surface area contributed by atoms with Gasteiger partial charge in [0, 0.05) is 24.4 Å². The van der Waals surface area contributed by atoms with Crippen molar-refractivity contribution >= 4 is 27.2 Å². The van der Waals surface area contributed by atoms with Crippen LogP contribution in [0.15, 0.2) is 24.5 Å². The zero-order chi connectivity index (χ0) is 14.6. The SMILES string of the molecule is NC(=S)C1CCCC1NS(=O)(=O)CCc1ccncc1. The number of sulfonamides is 1. The van der Waals surface area contributed by atoms with E-state index < -0.39 is 10.0 Å². The molecule has 0 amide bonds. The molecule has 1 aliphatic rings. The van der Waals surface area contributed by atoms with E-state index in [9.17, 15) is 8.42 Å². The van der Waals surface area contributed by atoms with Crippen LogP contribution in [0.2, 0.25) is 0 Å². The molecule has 1 aromatic heterocycles. The molecular formula is C13H19N3O2S2. The molecule has 110 valence electrons. The molecule has 3 N–H and O–H groups in total. The van der Waals surface area contributed by atoms with Crippen molar-refractivity contribution in [2.45, 2.75) is 31.7 Å². The van der Waals surface area contributed by atoms with Gasteiger partial charge in [-0.1, -0.05) is 18.6 Å². The number of nitrogens with one attached hydrogen (secondary N) is 1. The van der Waals surface area contributed by atoms with E-state index in [-0.39, 0.29) is 17.7 Å². The van der Waals surface area contributed by atoms with Crippen molar-refractivity contribution < 1.29 is 8.42 Å². The lowest BCUT2D eigenvalue weighted by Crippen LogP contribution is -2.42. The highest BCUT2D eigenvalue weighted by Gasteiger charge is 2.32. The predicted molar refractivity (Wildman–Crippen MR) is 82.8 cm³/mol. The molecule has 0 radical (unpaired) electrons. The smallest absolute Gasteiger partial charge is 0.212 e. The van der Waals surface area contributed by atoms with Crippen molar-refractivity contribution in [3.8, 4) is 0 Å². The number of hydrogen-bond donors (Lipinski definition) is 2. The van der Waals surface area contributed by atoms with Gasteiger partial charge in [0.15, 0.2) is 0 Å². The summed E-state index contributed by atoms with van der Waals surface area (Å²) in [6.45, 7) is 0. The Kier molecular flexibility index (Phi) is 5.06. The average Bonchev–Trinajstić information content (AvgIpc) is 2.85. The molecule has 1 aromatic rings. The number of rotatable bonds is 6. The first-order valence-electron chi connectivity index (χ1n) is 6.66. The van der Waals surface area contributed by atoms with Crippen LogP contribution in [0.1, 0.15) is 24.8 Å². The lowest BCUT2D eigenvalue weighted by atomic mass is 10.1. The largest absolute Gasteiger partial charge is 0.393 e. The molecule has 0 aromatic carbocycles. The van der Waals surface area contributed by atoms with Crippen molar-refractivity contribution in [3.05, 3.63) is 30.1 Å². The molecule has 0 saturated heterocycles. The Morgan fingerprint density at radius 2 is 2.10 bits per heavy atom. The number of nitrogens with zero attached hydrogens (tertiary/aromatic N) is 1. The lowest BCUT2D eigenvalue weighted by Gasteiger charge is -2.19. The fourth-order valence-electron chi connectivity index (χ4n) is 2.53. The van der Waals surface area contributed by atoms with E-state index in [1.165, 1.54) is 0 Å². The van der Waals surface area contributed by atoms with Crippen LogP contribution in [0.4, 0.5) is 0 Å². The summed E-state index contributed by atoms with van der Waals surface area (Å²) < 4.78 is 27.0. The molecule has 1 saturated carbocycles. The Morgan fingerprint density at radius 1 is 1.40 bits per heavy atom. The molecule has 0 aliphatic heterocycles. The lowest BCUT2D eigenvalue weighted by molar-refractivity contribution is 0.524. The quantitative estimate of drug-likeness (QED) is 0.765. The number of thiocarbonyl (C=S) groups is 1. The minimum atomic E-state index is -3.32. The zero-order valence-electron chi connectivity index (χ0n) is 11.2. The topological polar surface area (TPSA) is 85.1 Å². The molecule has 0 bridgehead atoms. The summed E-state index contributed by atoms with van der Waals surface area (Å²) in [5, 5.41) is 0. The van der Waals surface area contributed by atoms with Crippen LogP contribution in [-0.4, -0.2) is 30.2 Å². The summed E-state index contributed by atoms with van der Waals surface area (Å²) in [6.07, 6.45) is 6.43. The molecule has 2 atom stereocenters. The van der Waals surface area contributed by atoms with Crippen LogP contribution in [0.5, 0.6) is 0 Å². The van der Waals surface area contributed by atoms with Crippen LogP contribution in [0.3, 0.4) is 0 Å². The summed E-state index contributed by atoms with van der Waals surface area (Å²) in [7, 11) is -3.32. The monoisotopic (exact) mass is 313 g/mol. The maximum atomic E-state index is 12.1. The normalized spacial score (nSPS) is 22.8. The molecule has 1 fully saturated rings.